The van der Waals surface area contributed by atoms with Gasteiger partial charge in [-0.3, -0.25) is 9.10 Å². The standard InChI is InChI=1S/C25H26ClN3O4S/c1-33-23-12-10-21(11-13-23)27-14-16-28(17-15-27)25(30)19-29(22-7-5-6-20(26)18-22)34(31,32)24-8-3-2-4-9-24/h2-13,18H,14-17,19H2,1H3. The summed E-state index contributed by atoms with van der Waals surface area (Å²) >= 11 is 6.13. The highest BCUT2D eigenvalue weighted by Gasteiger charge is 2.30. The highest BCUT2D eigenvalue weighted by Crippen LogP contribution is 2.27. The molecular formula is C25H26ClN3O4S. The SMILES string of the molecule is COc1ccc(N2CCN(C(=O)CN(c3cccc(Cl)c3)S(=O)(=O)c3ccccc3)CC2)cc1. The molecule has 0 aromatic heterocycles. The quantitative estimate of drug-likeness (QED) is 0.493. The molecule has 1 amide bonds. The van der Waals surface area contributed by atoms with E-state index in [2.05, 4.69) is 4.90 Å². The minimum absolute atomic E-state index is 0.118. The Morgan fingerprint density at radius 1 is 0.941 bits per heavy atom. The van der Waals surface area contributed by atoms with Crippen molar-refractivity contribution in [1.29, 1.82) is 0 Å². The minimum Gasteiger partial charge on any atom is -0.497 e. The summed E-state index contributed by atoms with van der Waals surface area (Å²) in [5.74, 6) is 0.534. The molecule has 9 heteroatoms. The van der Waals surface area contributed by atoms with Crippen LogP contribution in [0.2, 0.25) is 5.02 Å². The molecule has 0 N–H and O–H groups in total. The van der Waals surface area contributed by atoms with Crippen LogP contribution < -0.4 is 13.9 Å². The summed E-state index contributed by atoms with van der Waals surface area (Å²) in [4.78, 5) is 17.2. The summed E-state index contributed by atoms with van der Waals surface area (Å²) in [5.41, 5.74) is 1.40. The first kappa shape index (κ1) is 23.9. The lowest BCUT2D eigenvalue weighted by atomic mass is 10.2. The molecule has 0 aliphatic carbocycles. The van der Waals surface area contributed by atoms with Crippen LogP contribution in [0.15, 0.2) is 83.8 Å². The normalized spacial score (nSPS) is 14.1. The predicted molar refractivity (Wildman–Crippen MR) is 134 cm³/mol. The molecule has 4 rings (SSSR count). The summed E-state index contributed by atoms with van der Waals surface area (Å²) in [5, 5.41) is 0.395. The number of amides is 1. The Hall–Kier alpha value is -3.23. The van der Waals surface area contributed by atoms with E-state index in [4.69, 9.17) is 16.3 Å². The van der Waals surface area contributed by atoms with Crippen molar-refractivity contribution in [2.75, 3.05) is 49.0 Å². The fourth-order valence-corrected chi connectivity index (χ4v) is 5.51. The highest BCUT2D eigenvalue weighted by atomic mass is 35.5. The summed E-state index contributed by atoms with van der Waals surface area (Å²) in [6, 6.07) is 22.4. The van der Waals surface area contributed by atoms with Gasteiger partial charge >= 0.3 is 0 Å². The number of methoxy groups -OCH3 is 1. The van der Waals surface area contributed by atoms with Crippen molar-refractivity contribution in [3.63, 3.8) is 0 Å². The maximum Gasteiger partial charge on any atom is 0.264 e. The molecule has 1 saturated heterocycles. The number of benzene rings is 3. The van der Waals surface area contributed by atoms with Gasteiger partial charge in [0.15, 0.2) is 0 Å². The molecule has 1 aliphatic rings. The molecule has 0 atom stereocenters. The van der Waals surface area contributed by atoms with Gasteiger partial charge in [-0.1, -0.05) is 35.9 Å². The van der Waals surface area contributed by atoms with E-state index in [9.17, 15) is 13.2 Å². The average Bonchev–Trinajstić information content (AvgIpc) is 2.87. The van der Waals surface area contributed by atoms with Gasteiger partial charge in [0.1, 0.15) is 12.3 Å². The van der Waals surface area contributed by atoms with Crippen LogP contribution in [0, 0.1) is 0 Å². The third-order valence-electron chi connectivity index (χ3n) is 5.78. The van der Waals surface area contributed by atoms with Crippen LogP contribution in [0.25, 0.3) is 0 Å². The molecular weight excluding hydrogens is 474 g/mol. The first-order valence-electron chi connectivity index (χ1n) is 10.9. The largest absolute Gasteiger partial charge is 0.497 e. The first-order chi connectivity index (χ1) is 16.4. The van der Waals surface area contributed by atoms with Crippen LogP contribution in [-0.4, -0.2) is 59.1 Å². The number of hydrogen-bond donors (Lipinski definition) is 0. The zero-order valence-electron chi connectivity index (χ0n) is 18.8. The van der Waals surface area contributed by atoms with Crippen molar-refractivity contribution >= 4 is 38.9 Å². The Bertz CT molecular complexity index is 1230. The molecule has 1 heterocycles. The van der Waals surface area contributed by atoms with Gasteiger partial charge in [0.05, 0.1) is 17.7 Å². The van der Waals surface area contributed by atoms with E-state index in [0.29, 0.717) is 36.9 Å². The number of piperazine rings is 1. The van der Waals surface area contributed by atoms with Gasteiger partial charge in [0.25, 0.3) is 10.0 Å². The van der Waals surface area contributed by atoms with E-state index < -0.39 is 10.0 Å². The fourth-order valence-electron chi connectivity index (χ4n) is 3.90. The lowest BCUT2D eigenvalue weighted by Crippen LogP contribution is -2.52. The van der Waals surface area contributed by atoms with Crippen LogP contribution >= 0.6 is 11.6 Å². The van der Waals surface area contributed by atoms with Gasteiger partial charge in [0, 0.05) is 36.9 Å². The van der Waals surface area contributed by atoms with E-state index in [0.717, 1.165) is 15.7 Å². The Balaban J connectivity index is 1.50. The Morgan fingerprint density at radius 3 is 2.24 bits per heavy atom. The van der Waals surface area contributed by atoms with Crippen molar-refractivity contribution in [3.05, 3.63) is 83.9 Å². The number of carbonyl (C=O) groups excluding carboxylic acids is 1. The lowest BCUT2D eigenvalue weighted by Gasteiger charge is -2.37. The number of rotatable bonds is 7. The number of ether oxygens (including phenoxy) is 1. The zero-order valence-corrected chi connectivity index (χ0v) is 20.4. The van der Waals surface area contributed by atoms with Gasteiger partial charge in [-0.05, 0) is 54.6 Å². The van der Waals surface area contributed by atoms with E-state index in [1.165, 1.54) is 12.1 Å². The first-order valence-corrected chi connectivity index (χ1v) is 12.7. The summed E-state index contributed by atoms with van der Waals surface area (Å²) in [6.07, 6.45) is 0. The number of anilines is 2. The molecule has 34 heavy (non-hydrogen) atoms. The Morgan fingerprint density at radius 2 is 1.62 bits per heavy atom. The van der Waals surface area contributed by atoms with Crippen molar-refractivity contribution in [2.24, 2.45) is 0 Å². The molecule has 178 valence electrons. The van der Waals surface area contributed by atoms with Crippen LogP contribution in [0.5, 0.6) is 5.75 Å². The molecule has 3 aromatic rings. The zero-order chi connectivity index (χ0) is 24.1. The number of halogens is 1. The molecule has 1 aliphatic heterocycles. The van der Waals surface area contributed by atoms with Crippen LogP contribution in [0.1, 0.15) is 0 Å². The third kappa shape index (κ3) is 5.29. The average molecular weight is 500 g/mol. The maximum absolute atomic E-state index is 13.4. The van der Waals surface area contributed by atoms with Gasteiger partial charge in [0.2, 0.25) is 5.91 Å². The van der Waals surface area contributed by atoms with E-state index >= 15 is 0 Å². The van der Waals surface area contributed by atoms with Gasteiger partial charge in [-0.25, -0.2) is 8.42 Å². The van der Waals surface area contributed by atoms with Gasteiger partial charge in [-0.2, -0.15) is 0 Å². The van der Waals surface area contributed by atoms with Crippen molar-refractivity contribution < 1.29 is 17.9 Å². The second kappa shape index (κ2) is 10.4. The number of nitrogens with zero attached hydrogens (tertiary/aromatic N) is 3. The summed E-state index contributed by atoms with van der Waals surface area (Å²) < 4.78 is 33.2. The van der Waals surface area contributed by atoms with Crippen LogP contribution in [0.4, 0.5) is 11.4 Å². The molecule has 1 fully saturated rings. The van der Waals surface area contributed by atoms with Gasteiger partial charge in [-0.15, -0.1) is 0 Å². The third-order valence-corrected chi connectivity index (χ3v) is 7.80. The van der Waals surface area contributed by atoms with Gasteiger partial charge < -0.3 is 14.5 Å². The second-order valence-corrected chi connectivity index (χ2v) is 10.2. The van der Waals surface area contributed by atoms with Crippen molar-refractivity contribution in [2.45, 2.75) is 4.90 Å². The molecule has 0 unspecified atom stereocenters. The monoisotopic (exact) mass is 499 g/mol. The fraction of sp³-hybridized carbons (Fsp3) is 0.240. The number of sulfonamides is 1. The number of carbonyl (C=O) groups is 1. The summed E-state index contributed by atoms with van der Waals surface area (Å²) in [7, 11) is -2.33. The summed E-state index contributed by atoms with van der Waals surface area (Å²) in [6.45, 7) is 2.00. The molecule has 0 spiro atoms. The van der Waals surface area contributed by atoms with Crippen molar-refractivity contribution in [1.82, 2.24) is 4.90 Å². The van der Waals surface area contributed by atoms with E-state index in [1.807, 2.05) is 24.3 Å². The van der Waals surface area contributed by atoms with Crippen LogP contribution in [0.3, 0.4) is 0 Å². The molecule has 0 radical (unpaired) electrons. The highest BCUT2D eigenvalue weighted by molar-refractivity contribution is 7.92. The van der Waals surface area contributed by atoms with Crippen LogP contribution in [-0.2, 0) is 14.8 Å². The second-order valence-electron chi connectivity index (χ2n) is 7.87. The maximum atomic E-state index is 13.4. The Labute approximate surface area is 205 Å². The van der Waals surface area contributed by atoms with E-state index in [-0.39, 0.29) is 17.3 Å². The predicted octanol–water partition coefficient (Wildman–Crippen LogP) is 3.89. The molecule has 3 aromatic carbocycles. The molecule has 7 nitrogen and oxygen atoms in total. The molecule has 0 saturated carbocycles. The van der Waals surface area contributed by atoms with E-state index in [1.54, 1.807) is 54.5 Å². The Kier molecular flexibility index (Phi) is 7.29. The minimum atomic E-state index is -3.96. The smallest absolute Gasteiger partial charge is 0.264 e. The number of hydrogen-bond acceptors (Lipinski definition) is 5. The van der Waals surface area contributed by atoms with Crippen molar-refractivity contribution in [3.8, 4) is 5.75 Å². The lowest BCUT2D eigenvalue weighted by molar-refractivity contribution is -0.129. The topological polar surface area (TPSA) is 70.2 Å². The molecule has 0 bridgehead atoms.